The van der Waals surface area contributed by atoms with Crippen LogP contribution in [-0.4, -0.2) is 47.5 Å². The van der Waals surface area contributed by atoms with E-state index in [0.29, 0.717) is 5.89 Å². The highest BCUT2D eigenvalue weighted by molar-refractivity contribution is 5.52. The van der Waals surface area contributed by atoms with E-state index in [-0.39, 0.29) is 5.82 Å². The molecule has 0 atom stereocenters. The molecule has 1 aromatic carbocycles. The number of likely N-dealkylation sites (N-methyl/N-ethyl adjacent to an activating group) is 1. The summed E-state index contributed by atoms with van der Waals surface area (Å²) in [5.41, 5.74) is 1.73. The van der Waals surface area contributed by atoms with Gasteiger partial charge in [0.2, 0.25) is 5.89 Å². The topological polar surface area (TPSA) is 32.5 Å². The second kappa shape index (κ2) is 6.37. The van der Waals surface area contributed by atoms with E-state index in [1.165, 1.54) is 12.1 Å². The Bertz CT molecular complexity index is 573. The minimum Gasteiger partial charge on any atom is -0.444 e. The van der Waals surface area contributed by atoms with Crippen molar-refractivity contribution in [2.45, 2.75) is 13.5 Å². The highest BCUT2D eigenvalue weighted by Gasteiger charge is 2.17. The SMILES string of the molecule is CCN1CCN(Cc2coc(-c3ccc(F)cc3)n2)CC1. The van der Waals surface area contributed by atoms with Crippen molar-refractivity contribution in [1.82, 2.24) is 14.8 Å². The molecule has 0 radical (unpaired) electrons. The van der Waals surface area contributed by atoms with Crippen LogP contribution in [0.3, 0.4) is 0 Å². The molecule has 2 aromatic rings. The number of hydrogen-bond donors (Lipinski definition) is 0. The van der Waals surface area contributed by atoms with Crippen LogP contribution in [0.4, 0.5) is 4.39 Å². The zero-order chi connectivity index (χ0) is 14.7. The summed E-state index contributed by atoms with van der Waals surface area (Å²) in [5, 5.41) is 0. The fourth-order valence-corrected chi connectivity index (χ4v) is 2.60. The average molecular weight is 289 g/mol. The van der Waals surface area contributed by atoms with Crippen LogP contribution in [0.2, 0.25) is 0 Å². The molecule has 112 valence electrons. The van der Waals surface area contributed by atoms with Crippen LogP contribution in [0.5, 0.6) is 0 Å². The van der Waals surface area contributed by atoms with E-state index in [0.717, 1.165) is 50.5 Å². The van der Waals surface area contributed by atoms with Gasteiger partial charge in [0.15, 0.2) is 0 Å². The third kappa shape index (κ3) is 3.49. The summed E-state index contributed by atoms with van der Waals surface area (Å²) in [6.45, 7) is 8.47. The van der Waals surface area contributed by atoms with Crippen LogP contribution in [0.15, 0.2) is 34.9 Å². The number of oxazole rings is 1. The van der Waals surface area contributed by atoms with Gasteiger partial charge in [-0.1, -0.05) is 6.92 Å². The van der Waals surface area contributed by atoms with Crippen LogP contribution in [0, 0.1) is 5.82 Å². The van der Waals surface area contributed by atoms with E-state index in [1.807, 2.05) is 0 Å². The molecule has 1 fully saturated rings. The standard InChI is InChI=1S/C16H20FN3O/c1-2-19-7-9-20(10-8-19)11-15-12-21-16(18-15)13-3-5-14(17)6-4-13/h3-6,12H,2,7-11H2,1H3. The van der Waals surface area contributed by atoms with Crippen molar-refractivity contribution in [2.75, 3.05) is 32.7 Å². The first-order valence-electron chi connectivity index (χ1n) is 7.39. The second-order valence-corrected chi connectivity index (χ2v) is 5.36. The van der Waals surface area contributed by atoms with Crippen molar-refractivity contribution < 1.29 is 8.81 Å². The molecule has 5 heteroatoms. The van der Waals surface area contributed by atoms with Crippen molar-refractivity contribution in [3.63, 3.8) is 0 Å². The lowest BCUT2D eigenvalue weighted by Crippen LogP contribution is -2.45. The largest absolute Gasteiger partial charge is 0.444 e. The van der Waals surface area contributed by atoms with Gasteiger partial charge >= 0.3 is 0 Å². The summed E-state index contributed by atoms with van der Waals surface area (Å²) in [4.78, 5) is 9.33. The van der Waals surface area contributed by atoms with E-state index in [2.05, 4.69) is 21.7 Å². The third-order valence-corrected chi connectivity index (χ3v) is 3.94. The molecule has 0 N–H and O–H groups in total. The number of nitrogens with zero attached hydrogens (tertiary/aromatic N) is 3. The van der Waals surface area contributed by atoms with Crippen LogP contribution in [0.25, 0.3) is 11.5 Å². The van der Waals surface area contributed by atoms with E-state index in [4.69, 9.17) is 4.42 Å². The number of piperazine rings is 1. The normalized spacial score (nSPS) is 17.2. The fraction of sp³-hybridized carbons (Fsp3) is 0.438. The first-order valence-corrected chi connectivity index (χ1v) is 7.39. The Hall–Kier alpha value is -1.72. The molecule has 1 aliphatic heterocycles. The molecule has 0 spiro atoms. The number of rotatable bonds is 4. The quantitative estimate of drug-likeness (QED) is 0.866. The minimum atomic E-state index is -0.251. The summed E-state index contributed by atoms with van der Waals surface area (Å²) in [6, 6.07) is 6.21. The number of halogens is 1. The Labute approximate surface area is 124 Å². The molecule has 0 saturated carbocycles. The Balaban J connectivity index is 1.62. The summed E-state index contributed by atoms with van der Waals surface area (Å²) in [7, 11) is 0. The van der Waals surface area contributed by atoms with Crippen LogP contribution in [-0.2, 0) is 6.54 Å². The Kier molecular flexibility index (Phi) is 4.31. The molecule has 0 bridgehead atoms. The lowest BCUT2D eigenvalue weighted by atomic mass is 10.2. The minimum absolute atomic E-state index is 0.251. The van der Waals surface area contributed by atoms with Crippen LogP contribution < -0.4 is 0 Å². The summed E-state index contributed by atoms with van der Waals surface area (Å²) in [5.74, 6) is 0.302. The lowest BCUT2D eigenvalue weighted by molar-refractivity contribution is 0.131. The molecular weight excluding hydrogens is 269 g/mol. The molecule has 21 heavy (non-hydrogen) atoms. The zero-order valence-electron chi connectivity index (χ0n) is 12.3. The summed E-state index contributed by atoms with van der Waals surface area (Å²) < 4.78 is 18.4. The first-order chi connectivity index (χ1) is 10.2. The highest BCUT2D eigenvalue weighted by atomic mass is 19.1. The smallest absolute Gasteiger partial charge is 0.226 e. The molecule has 3 rings (SSSR count). The van der Waals surface area contributed by atoms with Gasteiger partial charge in [0.05, 0.1) is 5.69 Å². The molecule has 2 heterocycles. The zero-order valence-corrected chi connectivity index (χ0v) is 12.3. The Morgan fingerprint density at radius 2 is 1.76 bits per heavy atom. The summed E-state index contributed by atoms with van der Waals surface area (Å²) >= 11 is 0. The van der Waals surface area contributed by atoms with Gasteiger partial charge < -0.3 is 9.32 Å². The van der Waals surface area contributed by atoms with Gasteiger partial charge in [-0.05, 0) is 30.8 Å². The van der Waals surface area contributed by atoms with Crippen molar-refractivity contribution >= 4 is 0 Å². The monoisotopic (exact) mass is 289 g/mol. The molecule has 1 saturated heterocycles. The van der Waals surface area contributed by atoms with Gasteiger partial charge in [0.25, 0.3) is 0 Å². The molecule has 0 unspecified atom stereocenters. The van der Waals surface area contributed by atoms with Crippen LogP contribution >= 0.6 is 0 Å². The van der Waals surface area contributed by atoms with Crippen molar-refractivity contribution in [2.24, 2.45) is 0 Å². The molecule has 4 nitrogen and oxygen atoms in total. The average Bonchev–Trinajstić information content (AvgIpc) is 2.97. The first kappa shape index (κ1) is 14.2. The van der Waals surface area contributed by atoms with Gasteiger partial charge in [0, 0.05) is 38.3 Å². The van der Waals surface area contributed by atoms with Crippen molar-refractivity contribution in [3.05, 3.63) is 42.0 Å². The molecule has 1 aromatic heterocycles. The highest BCUT2D eigenvalue weighted by Crippen LogP contribution is 2.19. The molecule has 1 aliphatic rings. The van der Waals surface area contributed by atoms with Gasteiger partial charge in [-0.3, -0.25) is 4.90 Å². The Morgan fingerprint density at radius 1 is 1.10 bits per heavy atom. The third-order valence-electron chi connectivity index (χ3n) is 3.94. The van der Waals surface area contributed by atoms with Gasteiger partial charge in [-0.2, -0.15) is 0 Å². The Morgan fingerprint density at radius 3 is 2.43 bits per heavy atom. The van der Waals surface area contributed by atoms with Gasteiger partial charge in [-0.25, -0.2) is 9.37 Å². The maximum absolute atomic E-state index is 12.9. The van der Waals surface area contributed by atoms with Gasteiger partial charge in [0.1, 0.15) is 12.1 Å². The predicted molar refractivity (Wildman–Crippen MR) is 79.3 cm³/mol. The maximum atomic E-state index is 12.9. The van der Waals surface area contributed by atoms with Gasteiger partial charge in [-0.15, -0.1) is 0 Å². The van der Waals surface area contributed by atoms with E-state index < -0.39 is 0 Å². The molecular formula is C16H20FN3O. The summed E-state index contributed by atoms with van der Waals surface area (Å²) in [6.07, 6.45) is 1.70. The number of hydrogen-bond acceptors (Lipinski definition) is 4. The van der Waals surface area contributed by atoms with Crippen molar-refractivity contribution in [3.8, 4) is 11.5 Å². The maximum Gasteiger partial charge on any atom is 0.226 e. The second-order valence-electron chi connectivity index (χ2n) is 5.36. The number of benzene rings is 1. The van der Waals surface area contributed by atoms with Crippen molar-refractivity contribution in [1.29, 1.82) is 0 Å². The molecule has 0 amide bonds. The van der Waals surface area contributed by atoms with E-state index in [9.17, 15) is 4.39 Å². The molecule has 0 aliphatic carbocycles. The van der Waals surface area contributed by atoms with E-state index in [1.54, 1.807) is 18.4 Å². The number of aromatic nitrogens is 1. The lowest BCUT2D eigenvalue weighted by Gasteiger charge is -2.33. The van der Waals surface area contributed by atoms with Crippen LogP contribution in [0.1, 0.15) is 12.6 Å². The fourth-order valence-electron chi connectivity index (χ4n) is 2.60. The predicted octanol–water partition coefficient (Wildman–Crippen LogP) is 2.62. The van der Waals surface area contributed by atoms with E-state index >= 15 is 0 Å².